The molecule has 0 bridgehead atoms. The Hall–Kier alpha value is -2.42. The van der Waals surface area contributed by atoms with Crippen molar-refractivity contribution < 1.29 is 37.9 Å². The lowest BCUT2D eigenvalue weighted by Crippen LogP contribution is -2.36. The van der Waals surface area contributed by atoms with Crippen molar-refractivity contribution in [3.05, 3.63) is 29.1 Å². The second kappa shape index (κ2) is 9.39. The first-order valence-corrected chi connectivity index (χ1v) is 9.56. The maximum atomic E-state index is 14.3. The molecule has 0 amide bonds. The first kappa shape index (κ1) is 22.9. The maximum Gasteiger partial charge on any atom is 0.526 e. The van der Waals surface area contributed by atoms with Gasteiger partial charge < -0.3 is 19.2 Å². The van der Waals surface area contributed by atoms with E-state index in [0.29, 0.717) is 18.4 Å². The number of hydrogen-bond acceptors (Lipinski definition) is 7. The van der Waals surface area contributed by atoms with Crippen molar-refractivity contribution in [2.75, 3.05) is 6.79 Å². The van der Waals surface area contributed by atoms with Crippen LogP contribution in [0.2, 0.25) is 5.82 Å². The van der Waals surface area contributed by atoms with E-state index in [4.69, 9.17) is 14.1 Å². The van der Waals surface area contributed by atoms with E-state index in [0.717, 1.165) is 6.07 Å². The van der Waals surface area contributed by atoms with Gasteiger partial charge in [0.1, 0.15) is 22.9 Å². The highest BCUT2D eigenvalue weighted by atomic mass is 19.1. The molecule has 1 aliphatic rings. The normalized spacial score (nSPS) is 15.9. The molecular formula is C20H26BFO7. The lowest BCUT2D eigenvalue weighted by atomic mass is 9.64. The Morgan fingerprint density at radius 2 is 1.97 bits per heavy atom. The second-order valence-electron chi connectivity index (χ2n) is 8.11. The number of halogens is 1. The molecule has 0 radical (unpaired) electrons. The van der Waals surface area contributed by atoms with E-state index >= 15 is 0 Å². The van der Waals surface area contributed by atoms with Gasteiger partial charge >= 0.3 is 19.1 Å². The molecule has 29 heavy (non-hydrogen) atoms. The van der Waals surface area contributed by atoms with E-state index in [1.165, 1.54) is 6.07 Å². The number of benzene rings is 1. The van der Waals surface area contributed by atoms with Crippen LogP contribution in [0.4, 0.5) is 4.39 Å². The maximum absolute atomic E-state index is 14.3. The molecule has 1 atom stereocenters. The van der Waals surface area contributed by atoms with Crippen molar-refractivity contribution in [1.29, 1.82) is 0 Å². The topological polar surface area (TPSA) is 99.1 Å². The number of Topliss-reactive ketones (excluding diaryl/α,β-unsaturated/α-hetero) is 1. The number of ether oxygens (including phenoxy) is 2. The lowest BCUT2D eigenvalue weighted by molar-refractivity contribution is -0.161. The zero-order chi connectivity index (χ0) is 21.8. The van der Waals surface area contributed by atoms with Crippen molar-refractivity contribution >= 4 is 24.8 Å². The average molecular weight is 408 g/mol. The van der Waals surface area contributed by atoms with Crippen LogP contribution in [-0.4, -0.2) is 36.7 Å². The molecule has 2 rings (SSSR count). The highest BCUT2D eigenvalue weighted by molar-refractivity contribution is 6.47. The van der Waals surface area contributed by atoms with E-state index < -0.39 is 48.5 Å². The van der Waals surface area contributed by atoms with Crippen LogP contribution in [0.25, 0.3) is 0 Å². The smallest absolute Gasteiger partial charge is 0.526 e. The van der Waals surface area contributed by atoms with Crippen molar-refractivity contribution in [3.63, 3.8) is 0 Å². The Kier molecular flexibility index (Phi) is 7.40. The van der Waals surface area contributed by atoms with Crippen LogP contribution in [-0.2, 0) is 25.5 Å². The number of rotatable bonds is 7. The average Bonchev–Trinajstić information content (AvgIpc) is 2.61. The van der Waals surface area contributed by atoms with Crippen molar-refractivity contribution in [3.8, 4) is 5.75 Å². The summed E-state index contributed by atoms with van der Waals surface area (Å²) in [5.41, 5.74) is -0.766. The Morgan fingerprint density at radius 1 is 1.28 bits per heavy atom. The number of ketones is 1. The van der Waals surface area contributed by atoms with Crippen LogP contribution in [0, 0.1) is 11.2 Å². The molecule has 0 saturated heterocycles. The fourth-order valence-corrected chi connectivity index (χ4v) is 2.96. The van der Waals surface area contributed by atoms with E-state index in [9.17, 15) is 23.8 Å². The quantitative estimate of drug-likeness (QED) is 0.421. The second-order valence-corrected chi connectivity index (χ2v) is 8.11. The highest BCUT2D eigenvalue weighted by Crippen LogP contribution is 2.38. The predicted octanol–water partition coefficient (Wildman–Crippen LogP) is 3.07. The molecule has 158 valence electrons. The van der Waals surface area contributed by atoms with Gasteiger partial charge in [0.25, 0.3) is 0 Å². The molecule has 0 unspecified atom stereocenters. The molecule has 1 aromatic carbocycles. The Balaban J connectivity index is 2.12. The molecular weight excluding hydrogens is 382 g/mol. The van der Waals surface area contributed by atoms with Gasteiger partial charge in [0.15, 0.2) is 0 Å². The number of fused-ring (bicyclic) bond motifs is 1. The summed E-state index contributed by atoms with van der Waals surface area (Å²) in [6.45, 7) is 6.14. The minimum absolute atomic E-state index is 0.00556. The third kappa shape index (κ3) is 5.79. The third-order valence-electron chi connectivity index (χ3n) is 4.53. The molecule has 1 heterocycles. The fraction of sp³-hybridized carbons (Fsp3) is 0.550. The van der Waals surface area contributed by atoms with Crippen LogP contribution in [0.3, 0.4) is 0 Å². The minimum atomic E-state index is -1.35. The number of esters is 2. The Labute approximate surface area is 169 Å². The van der Waals surface area contributed by atoms with Crippen molar-refractivity contribution in [2.24, 2.45) is 5.41 Å². The summed E-state index contributed by atoms with van der Waals surface area (Å²) >= 11 is 0. The first-order valence-electron chi connectivity index (χ1n) is 9.56. The minimum Gasteiger partial charge on any atom is -0.535 e. The van der Waals surface area contributed by atoms with Crippen LogP contribution in [0.5, 0.6) is 5.75 Å². The van der Waals surface area contributed by atoms with Crippen LogP contribution < -0.4 is 4.65 Å². The van der Waals surface area contributed by atoms with Gasteiger partial charge in [-0.3, -0.25) is 9.59 Å². The largest absolute Gasteiger partial charge is 0.535 e. The highest BCUT2D eigenvalue weighted by Gasteiger charge is 2.39. The van der Waals surface area contributed by atoms with E-state index in [1.54, 1.807) is 20.8 Å². The molecule has 0 aliphatic carbocycles. The van der Waals surface area contributed by atoms with Gasteiger partial charge in [0, 0.05) is 18.7 Å². The fourth-order valence-electron chi connectivity index (χ4n) is 2.96. The molecule has 0 fully saturated rings. The molecule has 0 aromatic heterocycles. The lowest BCUT2D eigenvalue weighted by Gasteiger charge is -2.28. The molecule has 7 nitrogen and oxygen atoms in total. The number of carbonyl (C=O) groups is 3. The summed E-state index contributed by atoms with van der Waals surface area (Å²) in [4.78, 5) is 36.0. The Morgan fingerprint density at radius 3 is 2.59 bits per heavy atom. The van der Waals surface area contributed by atoms with Crippen LogP contribution >= 0.6 is 0 Å². The van der Waals surface area contributed by atoms with Crippen LogP contribution in [0.1, 0.15) is 62.9 Å². The SMILES string of the molecule is CCCC(=O)C[C@H]1Cc2ccc(F)c(C(=O)OCOC(=O)C(C)(C)C)c2OB1O. The van der Waals surface area contributed by atoms with Crippen molar-refractivity contribution in [1.82, 2.24) is 0 Å². The summed E-state index contributed by atoms with van der Waals surface area (Å²) in [6, 6.07) is 2.55. The summed E-state index contributed by atoms with van der Waals surface area (Å²) in [6.07, 6.45) is 1.50. The van der Waals surface area contributed by atoms with E-state index in [1.807, 2.05) is 6.92 Å². The van der Waals surface area contributed by atoms with E-state index in [2.05, 4.69) is 0 Å². The zero-order valence-electron chi connectivity index (χ0n) is 17.1. The number of carbonyl (C=O) groups excluding carboxylic acids is 3. The van der Waals surface area contributed by atoms with Crippen LogP contribution in [0.15, 0.2) is 12.1 Å². The molecule has 9 heteroatoms. The van der Waals surface area contributed by atoms with Gasteiger partial charge in [-0.1, -0.05) is 13.0 Å². The first-order chi connectivity index (χ1) is 13.5. The summed E-state index contributed by atoms with van der Waals surface area (Å²) in [5.74, 6) is -3.14. The monoisotopic (exact) mass is 408 g/mol. The van der Waals surface area contributed by atoms with Crippen molar-refractivity contribution in [2.45, 2.75) is 59.2 Å². The molecule has 0 spiro atoms. The third-order valence-corrected chi connectivity index (χ3v) is 4.53. The van der Waals surface area contributed by atoms with Gasteiger partial charge in [-0.15, -0.1) is 0 Å². The van der Waals surface area contributed by atoms with Gasteiger partial charge in [-0.2, -0.15) is 0 Å². The molecule has 0 saturated carbocycles. The predicted molar refractivity (Wildman–Crippen MR) is 103 cm³/mol. The van der Waals surface area contributed by atoms with Gasteiger partial charge in [0.05, 0.1) is 5.41 Å². The zero-order valence-corrected chi connectivity index (χ0v) is 17.1. The molecule has 1 N–H and O–H groups in total. The van der Waals surface area contributed by atoms with Gasteiger partial charge in [-0.25, -0.2) is 9.18 Å². The van der Waals surface area contributed by atoms with Gasteiger partial charge in [-0.05, 0) is 45.2 Å². The van der Waals surface area contributed by atoms with E-state index in [-0.39, 0.29) is 24.4 Å². The summed E-state index contributed by atoms with van der Waals surface area (Å²) < 4.78 is 29.4. The standard InChI is InChI=1S/C20H26BFO7/c1-5-6-14(23)10-13-9-12-7-8-15(22)16(17(12)29-21(13)26)18(24)27-11-28-19(25)20(2,3)4/h7-8,13,26H,5-6,9-11H2,1-4H3/t13-/m1/s1. The summed E-state index contributed by atoms with van der Waals surface area (Å²) in [7, 11) is -1.35. The Bertz CT molecular complexity index is 788. The number of hydrogen-bond donors (Lipinski definition) is 1. The molecule has 1 aromatic rings. The summed E-state index contributed by atoms with van der Waals surface area (Å²) in [5, 5.41) is 10.2. The van der Waals surface area contributed by atoms with Gasteiger partial charge in [0.2, 0.25) is 6.79 Å². The molecule has 1 aliphatic heterocycles.